The molecule has 2 aromatic rings. The van der Waals surface area contributed by atoms with E-state index in [2.05, 4.69) is 10.2 Å². The molecule has 0 aliphatic heterocycles. The number of amides is 1. The minimum atomic E-state index is -0.167. The molecule has 1 aromatic heterocycles. The summed E-state index contributed by atoms with van der Waals surface area (Å²) in [6, 6.07) is 7.59. The number of nitrogens with one attached hydrogen (secondary N) is 1. The van der Waals surface area contributed by atoms with Crippen molar-refractivity contribution in [2.45, 2.75) is 13.5 Å². The number of para-hydroxylation sites is 1. The minimum absolute atomic E-state index is 0.167. The zero-order chi connectivity index (χ0) is 14.7. The van der Waals surface area contributed by atoms with Gasteiger partial charge in [0, 0.05) is 24.8 Å². The summed E-state index contributed by atoms with van der Waals surface area (Å²) in [7, 11) is 3.33. The first-order chi connectivity index (χ1) is 9.54. The van der Waals surface area contributed by atoms with Gasteiger partial charge in [-0.15, -0.1) is 0 Å². The Hall–Kier alpha value is -2.50. The monoisotopic (exact) mass is 274 g/mol. The van der Waals surface area contributed by atoms with E-state index in [1.165, 1.54) is 0 Å². The van der Waals surface area contributed by atoms with Crippen LogP contribution in [0.3, 0.4) is 0 Å². The van der Waals surface area contributed by atoms with E-state index in [9.17, 15) is 4.79 Å². The second-order valence-corrected chi connectivity index (χ2v) is 4.58. The summed E-state index contributed by atoms with van der Waals surface area (Å²) >= 11 is 0. The molecule has 0 aliphatic rings. The molecule has 3 N–H and O–H groups in total. The van der Waals surface area contributed by atoms with E-state index < -0.39 is 0 Å². The summed E-state index contributed by atoms with van der Waals surface area (Å²) in [6.07, 6.45) is 0. The smallest absolute Gasteiger partial charge is 0.259 e. The van der Waals surface area contributed by atoms with E-state index in [1.807, 2.05) is 24.3 Å². The van der Waals surface area contributed by atoms with Gasteiger partial charge in [0.15, 0.2) is 5.82 Å². The second-order valence-electron chi connectivity index (χ2n) is 4.58. The van der Waals surface area contributed by atoms with E-state index in [-0.39, 0.29) is 11.7 Å². The molecule has 0 spiro atoms. The van der Waals surface area contributed by atoms with Gasteiger partial charge in [0.1, 0.15) is 11.3 Å². The van der Waals surface area contributed by atoms with Crippen LogP contribution < -0.4 is 10.5 Å². The van der Waals surface area contributed by atoms with Crippen molar-refractivity contribution in [1.29, 1.82) is 0 Å². The largest absolute Gasteiger partial charge is 0.496 e. The molecule has 0 unspecified atom stereocenters. The lowest BCUT2D eigenvalue weighted by atomic mass is 10.1. The fraction of sp³-hybridized carbons (Fsp3) is 0.286. The lowest BCUT2D eigenvalue weighted by molar-refractivity contribution is 0.0784. The Bertz CT molecular complexity index is 602. The number of ether oxygens (including phenoxy) is 1. The second kappa shape index (κ2) is 5.64. The first-order valence-corrected chi connectivity index (χ1v) is 6.22. The van der Waals surface area contributed by atoms with E-state index in [0.717, 1.165) is 11.3 Å². The van der Waals surface area contributed by atoms with Crippen LogP contribution in [0.1, 0.15) is 21.6 Å². The maximum absolute atomic E-state index is 12.4. The van der Waals surface area contributed by atoms with Gasteiger partial charge in [-0.1, -0.05) is 18.2 Å². The Balaban J connectivity index is 2.20. The average molecular weight is 274 g/mol. The standard InChI is InChI=1S/C14H18N4O2/c1-9-12(13(15)17-16-9)14(19)18(2)8-10-6-4-5-7-11(10)20-3/h4-7H,8H2,1-3H3,(H3,15,16,17). The van der Waals surface area contributed by atoms with Crippen molar-refractivity contribution in [3.05, 3.63) is 41.1 Å². The third-order valence-electron chi connectivity index (χ3n) is 3.14. The maximum atomic E-state index is 12.4. The first-order valence-electron chi connectivity index (χ1n) is 6.22. The number of nitrogens with two attached hydrogens (primary N) is 1. The molecule has 0 fully saturated rings. The zero-order valence-electron chi connectivity index (χ0n) is 11.8. The Morgan fingerprint density at radius 2 is 2.15 bits per heavy atom. The number of aromatic nitrogens is 2. The number of carbonyl (C=O) groups excluding carboxylic acids is 1. The molecule has 106 valence electrons. The van der Waals surface area contributed by atoms with Crippen molar-refractivity contribution >= 4 is 11.7 Å². The van der Waals surface area contributed by atoms with Crippen molar-refractivity contribution in [1.82, 2.24) is 15.1 Å². The molecule has 0 saturated heterocycles. The summed E-state index contributed by atoms with van der Waals surface area (Å²) in [5.74, 6) is 0.808. The molecular formula is C14H18N4O2. The van der Waals surface area contributed by atoms with Gasteiger partial charge in [-0.3, -0.25) is 9.89 Å². The lowest BCUT2D eigenvalue weighted by Crippen LogP contribution is -2.27. The predicted molar refractivity (Wildman–Crippen MR) is 76.5 cm³/mol. The SMILES string of the molecule is COc1ccccc1CN(C)C(=O)c1c(N)n[nH]c1C. The number of hydrogen-bond acceptors (Lipinski definition) is 4. The molecule has 0 radical (unpaired) electrons. The number of methoxy groups -OCH3 is 1. The van der Waals surface area contributed by atoms with Crippen LogP contribution >= 0.6 is 0 Å². The summed E-state index contributed by atoms with van der Waals surface area (Å²) in [5, 5.41) is 6.55. The van der Waals surface area contributed by atoms with Crippen LogP contribution in [-0.4, -0.2) is 35.2 Å². The molecular weight excluding hydrogens is 256 g/mol. The van der Waals surface area contributed by atoms with Gasteiger partial charge >= 0.3 is 0 Å². The van der Waals surface area contributed by atoms with Crippen LogP contribution in [0, 0.1) is 6.92 Å². The van der Waals surface area contributed by atoms with Crippen LogP contribution in [0.5, 0.6) is 5.75 Å². The maximum Gasteiger partial charge on any atom is 0.259 e. The van der Waals surface area contributed by atoms with Gasteiger partial charge in [-0.25, -0.2) is 0 Å². The Labute approximate surface area is 117 Å². The molecule has 0 bridgehead atoms. The van der Waals surface area contributed by atoms with Gasteiger partial charge in [0.05, 0.1) is 7.11 Å². The van der Waals surface area contributed by atoms with E-state index in [0.29, 0.717) is 17.8 Å². The van der Waals surface area contributed by atoms with Crippen LogP contribution in [0.4, 0.5) is 5.82 Å². The normalized spacial score (nSPS) is 10.3. The van der Waals surface area contributed by atoms with E-state index >= 15 is 0 Å². The highest BCUT2D eigenvalue weighted by molar-refractivity contribution is 5.99. The topological polar surface area (TPSA) is 84.2 Å². The number of hydrogen-bond donors (Lipinski definition) is 2. The molecule has 2 rings (SSSR count). The summed E-state index contributed by atoms with van der Waals surface area (Å²) in [6.45, 7) is 2.21. The first kappa shape index (κ1) is 13.9. The Morgan fingerprint density at radius 1 is 1.45 bits per heavy atom. The number of aryl methyl sites for hydroxylation is 1. The van der Waals surface area contributed by atoms with Crippen LogP contribution in [0.15, 0.2) is 24.3 Å². The number of rotatable bonds is 4. The predicted octanol–water partition coefficient (Wildman–Crippen LogP) is 1.58. The Kier molecular flexibility index (Phi) is 3.93. The number of nitrogens with zero attached hydrogens (tertiary/aromatic N) is 2. The number of H-pyrrole nitrogens is 1. The summed E-state index contributed by atoms with van der Waals surface area (Å²) in [4.78, 5) is 14.0. The summed E-state index contributed by atoms with van der Waals surface area (Å²) in [5.41, 5.74) is 7.74. The van der Waals surface area contributed by atoms with Gasteiger partial charge in [-0.2, -0.15) is 5.10 Å². The molecule has 0 saturated carbocycles. The van der Waals surface area contributed by atoms with Gasteiger partial charge < -0.3 is 15.4 Å². The molecule has 0 aliphatic carbocycles. The summed E-state index contributed by atoms with van der Waals surface area (Å²) < 4.78 is 5.28. The Morgan fingerprint density at radius 3 is 2.75 bits per heavy atom. The molecule has 1 aromatic carbocycles. The van der Waals surface area contributed by atoms with Gasteiger partial charge in [0.2, 0.25) is 0 Å². The highest BCUT2D eigenvalue weighted by Gasteiger charge is 2.20. The van der Waals surface area contributed by atoms with E-state index in [1.54, 1.807) is 26.0 Å². The van der Waals surface area contributed by atoms with Crippen LogP contribution in [-0.2, 0) is 6.54 Å². The highest BCUT2D eigenvalue weighted by Crippen LogP contribution is 2.21. The molecule has 0 atom stereocenters. The van der Waals surface area contributed by atoms with E-state index in [4.69, 9.17) is 10.5 Å². The lowest BCUT2D eigenvalue weighted by Gasteiger charge is -2.18. The van der Waals surface area contributed by atoms with Crippen molar-refractivity contribution < 1.29 is 9.53 Å². The third kappa shape index (κ3) is 2.59. The number of nitrogen functional groups attached to an aromatic ring is 1. The highest BCUT2D eigenvalue weighted by atomic mass is 16.5. The average Bonchev–Trinajstić information content (AvgIpc) is 2.78. The van der Waals surface area contributed by atoms with Crippen molar-refractivity contribution in [2.24, 2.45) is 0 Å². The molecule has 20 heavy (non-hydrogen) atoms. The quantitative estimate of drug-likeness (QED) is 0.886. The molecule has 6 heteroatoms. The molecule has 6 nitrogen and oxygen atoms in total. The third-order valence-corrected chi connectivity index (χ3v) is 3.14. The number of carbonyl (C=O) groups is 1. The van der Waals surface area contributed by atoms with Crippen molar-refractivity contribution in [3.63, 3.8) is 0 Å². The molecule has 1 heterocycles. The van der Waals surface area contributed by atoms with Crippen LogP contribution in [0.25, 0.3) is 0 Å². The van der Waals surface area contributed by atoms with Gasteiger partial charge in [-0.05, 0) is 13.0 Å². The van der Waals surface area contributed by atoms with Crippen LogP contribution in [0.2, 0.25) is 0 Å². The van der Waals surface area contributed by atoms with Crippen molar-refractivity contribution in [2.75, 3.05) is 19.9 Å². The fourth-order valence-corrected chi connectivity index (χ4v) is 2.07. The van der Waals surface area contributed by atoms with Crippen molar-refractivity contribution in [3.8, 4) is 5.75 Å². The molecule has 1 amide bonds. The fourth-order valence-electron chi connectivity index (χ4n) is 2.07. The van der Waals surface area contributed by atoms with Gasteiger partial charge in [0.25, 0.3) is 5.91 Å². The number of aromatic amines is 1. The number of anilines is 1. The minimum Gasteiger partial charge on any atom is -0.496 e. The number of benzene rings is 1. The zero-order valence-corrected chi connectivity index (χ0v) is 11.8.